The molecular formula is C15H20N2O2. The molecule has 0 spiro atoms. The molecule has 1 fully saturated rings. The van der Waals surface area contributed by atoms with E-state index in [1.165, 1.54) is 10.9 Å². The van der Waals surface area contributed by atoms with Crippen LogP contribution in [-0.4, -0.2) is 49.4 Å². The molecule has 0 radical (unpaired) electrons. The van der Waals surface area contributed by atoms with E-state index in [1.807, 2.05) is 6.07 Å². The molecule has 2 heterocycles. The highest BCUT2D eigenvalue weighted by atomic mass is 16.5. The minimum absolute atomic E-state index is 0.274. The number of hydrogen-bond acceptors (Lipinski definition) is 3. The second-order valence-electron chi connectivity index (χ2n) is 5.15. The standard InChI is InChI=1S/C15H20N2O2/c1-16-7-8-19-14(10-16)11-17-6-5-12-9-13(18-2)3-4-15(12)17/h3-6,9,14H,7-8,10-11H2,1-2H3. The Morgan fingerprint density at radius 1 is 1.37 bits per heavy atom. The molecule has 19 heavy (non-hydrogen) atoms. The number of benzene rings is 1. The monoisotopic (exact) mass is 260 g/mol. The molecule has 0 bridgehead atoms. The molecule has 2 aromatic rings. The molecule has 3 rings (SSSR count). The Kier molecular flexibility index (Phi) is 3.44. The van der Waals surface area contributed by atoms with Crippen LogP contribution in [0, 0.1) is 0 Å². The summed E-state index contributed by atoms with van der Waals surface area (Å²) in [4.78, 5) is 2.32. The molecule has 1 aromatic heterocycles. The fraction of sp³-hybridized carbons (Fsp3) is 0.467. The number of ether oxygens (including phenoxy) is 2. The number of rotatable bonds is 3. The van der Waals surface area contributed by atoms with Gasteiger partial charge in [-0.1, -0.05) is 0 Å². The SMILES string of the molecule is COc1ccc2c(ccn2CC2CN(C)CCO2)c1. The van der Waals surface area contributed by atoms with Crippen LogP contribution in [-0.2, 0) is 11.3 Å². The van der Waals surface area contributed by atoms with Crippen molar-refractivity contribution in [2.45, 2.75) is 12.6 Å². The first-order valence-electron chi connectivity index (χ1n) is 6.69. The van der Waals surface area contributed by atoms with Gasteiger partial charge in [0.15, 0.2) is 0 Å². The third-order valence-electron chi connectivity index (χ3n) is 3.72. The van der Waals surface area contributed by atoms with E-state index in [0.717, 1.165) is 32.0 Å². The maximum atomic E-state index is 5.83. The number of hydrogen-bond donors (Lipinski definition) is 0. The van der Waals surface area contributed by atoms with E-state index in [-0.39, 0.29) is 6.10 Å². The molecule has 102 valence electrons. The molecule has 0 N–H and O–H groups in total. The van der Waals surface area contributed by atoms with E-state index in [4.69, 9.17) is 9.47 Å². The van der Waals surface area contributed by atoms with Gasteiger partial charge in [0.1, 0.15) is 5.75 Å². The zero-order valence-corrected chi connectivity index (χ0v) is 11.5. The summed E-state index contributed by atoms with van der Waals surface area (Å²) in [6.07, 6.45) is 2.40. The van der Waals surface area contributed by atoms with Crippen molar-refractivity contribution in [3.05, 3.63) is 30.5 Å². The summed E-state index contributed by atoms with van der Waals surface area (Å²) in [6, 6.07) is 8.32. The summed E-state index contributed by atoms with van der Waals surface area (Å²) >= 11 is 0. The van der Waals surface area contributed by atoms with Gasteiger partial charge in [-0.25, -0.2) is 0 Å². The molecule has 0 saturated carbocycles. The van der Waals surface area contributed by atoms with Gasteiger partial charge in [0, 0.05) is 30.2 Å². The third-order valence-corrected chi connectivity index (χ3v) is 3.72. The molecule has 0 aliphatic carbocycles. The van der Waals surface area contributed by atoms with Crippen LogP contribution in [0.15, 0.2) is 30.5 Å². The Morgan fingerprint density at radius 2 is 2.26 bits per heavy atom. The highest BCUT2D eigenvalue weighted by Crippen LogP contribution is 2.22. The van der Waals surface area contributed by atoms with E-state index in [0.29, 0.717) is 0 Å². The summed E-state index contributed by atoms with van der Waals surface area (Å²) in [5.74, 6) is 0.902. The molecule has 4 nitrogen and oxygen atoms in total. The predicted octanol–water partition coefficient (Wildman–Crippen LogP) is 1.98. The number of fused-ring (bicyclic) bond motifs is 1. The van der Waals surface area contributed by atoms with Crippen LogP contribution in [0.1, 0.15) is 0 Å². The van der Waals surface area contributed by atoms with Gasteiger partial charge in [0.25, 0.3) is 0 Å². The molecular weight excluding hydrogens is 240 g/mol. The van der Waals surface area contributed by atoms with Crippen molar-refractivity contribution < 1.29 is 9.47 Å². The zero-order valence-electron chi connectivity index (χ0n) is 11.5. The quantitative estimate of drug-likeness (QED) is 0.844. The minimum atomic E-state index is 0.274. The topological polar surface area (TPSA) is 26.6 Å². The lowest BCUT2D eigenvalue weighted by molar-refractivity contribution is -0.0269. The van der Waals surface area contributed by atoms with Crippen molar-refractivity contribution in [3.8, 4) is 5.75 Å². The maximum Gasteiger partial charge on any atom is 0.119 e. The second kappa shape index (κ2) is 5.23. The van der Waals surface area contributed by atoms with Gasteiger partial charge in [-0.15, -0.1) is 0 Å². The second-order valence-corrected chi connectivity index (χ2v) is 5.15. The van der Waals surface area contributed by atoms with E-state index >= 15 is 0 Å². The molecule has 1 aromatic carbocycles. The Bertz CT molecular complexity index is 564. The van der Waals surface area contributed by atoms with Crippen molar-refractivity contribution in [1.82, 2.24) is 9.47 Å². The lowest BCUT2D eigenvalue weighted by Gasteiger charge is -2.30. The van der Waals surface area contributed by atoms with Crippen molar-refractivity contribution in [2.24, 2.45) is 0 Å². The van der Waals surface area contributed by atoms with Crippen LogP contribution in [0.2, 0.25) is 0 Å². The van der Waals surface area contributed by atoms with E-state index < -0.39 is 0 Å². The van der Waals surface area contributed by atoms with E-state index in [9.17, 15) is 0 Å². The minimum Gasteiger partial charge on any atom is -0.497 e. The third kappa shape index (κ3) is 2.60. The summed E-state index contributed by atoms with van der Waals surface area (Å²) in [5.41, 5.74) is 1.23. The van der Waals surface area contributed by atoms with Gasteiger partial charge >= 0.3 is 0 Å². The summed E-state index contributed by atoms with van der Waals surface area (Å²) < 4.78 is 13.3. The zero-order chi connectivity index (χ0) is 13.2. The van der Waals surface area contributed by atoms with Crippen molar-refractivity contribution in [1.29, 1.82) is 0 Å². The average Bonchev–Trinajstić information content (AvgIpc) is 2.81. The van der Waals surface area contributed by atoms with Crippen LogP contribution < -0.4 is 4.74 Å². The lowest BCUT2D eigenvalue weighted by atomic mass is 10.2. The van der Waals surface area contributed by atoms with Gasteiger partial charge in [-0.05, 0) is 31.3 Å². The Balaban J connectivity index is 1.81. The predicted molar refractivity (Wildman–Crippen MR) is 75.7 cm³/mol. The van der Waals surface area contributed by atoms with Crippen LogP contribution in [0.4, 0.5) is 0 Å². The highest BCUT2D eigenvalue weighted by molar-refractivity contribution is 5.81. The first kappa shape index (κ1) is 12.5. The molecule has 1 unspecified atom stereocenters. The van der Waals surface area contributed by atoms with Crippen LogP contribution >= 0.6 is 0 Å². The van der Waals surface area contributed by atoms with Crippen LogP contribution in [0.25, 0.3) is 10.9 Å². The first-order chi connectivity index (χ1) is 9.26. The molecule has 1 aliphatic rings. The summed E-state index contributed by atoms with van der Waals surface area (Å²) in [6.45, 7) is 3.75. The van der Waals surface area contributed by atoms with Gasteiger partial charge in [0.2, 0.25) is 0 Å². The van der Waals surface area contributed by atoms with Crippen molar-refractivity contribution in [3.63, 3.8) is 0 Å². The van der Waals surface area contributed by atoms with Gasteiger partial charge < -0.3 is 18.9 Å². The van der Waals surface area contributed by atoms with Crippen molar-refractivity contribution >= 4 is 10.9 Å². The molecule has 4 heteroatoms. The van der Waals surface area contributed by atoms with Crippen molar-refractivity contribution in [2.75, 3.05) is 33.9 Å². The molecule has 0 amide bonds. The van der Waals surface area contributed by atoms with Gasteiger partial charge in [0.05, 0.1) is 26.4 Å². The van der Waals surface area contributed by atoms with Crippen LogP contribution in [0.5, 0.6) is 5.75 Å². The number of nitrogens with zero attached hydrogens (tertiary/aromatic N) is 2. The highest BCUT2D eigenvalue weighted by Gasteiger charge is 2.18. The number of methoxy groups -OCH3 is 1. The van der Waals surface area contributed by atoms with E-state index in [1.54, 1.807) is 7.11 Å². The Labute approximate surface area is 113 Å². The fourth-order valence-corrected chi connectivity index (χ4v) is 2.66. The van der Waals surface area contributed by atoms with E-state index in [2.05, 4.69) is 40.9 Å². The molecule has 1 atom stereocenters. The van der Waals surface area contributed by atoms with Gasteiger partial charge in [-0.3, -0.25) is 0 Å². The van der Waals surface area contributed by atoms with Crippen LogP contribution in [0.3, 0.4) is 0 Å². The van der Waals surface area contributed by atoms with Gasteiger partial charge in [-0.2, -0.15) is 0 Å². The summed E-state index contributed by atoms with van der Waals surface area (Å²) in [5, 5.41) is 1.21. The normalized spacial score (nSPS) is 20.8. The lowest BCUT2D eigenvalue weighted by Crippen LogP contribution is -2.41. The smallest absolute Gasteiger partial charge is 0.119 e. The fourth-order valence-electron chi connectivity index (χ4n) is 2.66. The number of likely N-dealkylation sites (N-methyl/N-ethyl adjacent to an activating group) is 1. The summed E-state index contributed by atoms with van der Waals surface area (Å²) in [7, 11) is 3.85. The molecule has 1 saturated heterocycles. The number of aromatic nitrogens is 1. The average molecular weight is 260 g/mol. The molecule has 1 aliphatic heterocycles. The number of morpholine rings is 1. The first-order valence-corrected chi connectivity index (χ1v) is 6.69. The largest absolute Gasteiger partial charge is 0.497 e. The Morgan fingerprint density at radius 3 is 3.05 bits per heavy atom. The maximum absolute atomic E-state index is 5.83. The Hall–Kier alpha value is -1.52.